The Balaban J connectivity index is 2.22. The summed E-state index contributed by atoms with van der Waals surface area (Å²) < 4.78 is 30.4. The molecule has 2 rings (SSSR count). The summed E-state index contributed by atoms with van der Waals surface area (Å²) in [6.07, 6.45) is 2.57. The molecular formula is C18H21N3O5S. The number of carbonyl (C=O) groups excluding carboxylic acids is 2. The van der Waals surface area contributed by atoms with Crippen molar-refractivity contribution in [3.8, 4) is 0 Å². The number of sulfonamides is 1. The van der Waals surface area contributed by atoms with Gasteiger partial charge in [-0.15, -0.1) is 0 Å². The van der Waals surface area contributed by atoms with Crippen LogP contribution in [0.3, 0.4) is 0 Å². The summed E-state index contributed by atoms with van der Waals surface area (Å²) in [6.45, 7) is 1.50. The van der Waals surface area contributed by atoms with E-state index in [4.69, 9.17) is 4.74 Å². The Morgan fingerprint density at radius 1 is 1.15 bits per heavy atom. The van der Waals surface area contributed by atoms with Crippen LogP contribution in [0.4, 0.5) is 5.69 Å². The van der Waals surface area contributed by atoms with Gasteiger partial charge in [-0.3, -0.25) is 14.1 Å². The number of nitrogens with zero attached hydrogens (tertiary/aromatic N) is 2. The molecule has 1 aromatic carbocycles. The summed E-state index contributed by atoms with van der Waals surface area (Å²) in [6, 6.07) is 11.4. The van der Waals surface area contributed by atoms with E-state index < -0.39 is 28.4 Å². The van der Waals surface area contributed by atoms with Crippen molar-refractivity contribution < 1.29 is 22.7 Å². The second-order valence-electron chi connectivity index (χ2n) is 5.61. The topological polar surface area (TPSA) is 106 Å². The monoisotopic (exact) mass is 391 g/mol. The van der Waals surface area contributed by atoms with Crippen LogP contribution >= 0.6 is 0 Å². The number of nitrogens with one attached hydrogen (secondary N) is 1. The van der Waals surface area contributed by atoms with Crippen LogP contribution in [0, 0.1) is 0 Å². The molecule has 1 aromatic heterocycles. The quantitative estimate of drug-likeness (QED) is 0.681. The van der Waals surface area contributed by atoms with E-state index in [-0.39, 0.29) is 24.4 Å². The molecule has 0 aliphatic rings. The third-order valence-electron chi connectivity index (χ3n) is 3.55. The van der Waals surface area contributed by atoms with Gasteiger partial charge in [0.15, 0.2) is 0 Å². The Morgan fingerprint density at radius 2 is 1.85 bits per heavy atom. The van der Waals surface area contributed by atoms with Gasteiger partial charge >= 0.3 is 5.97 Å². The number of hydrogen-bond acceptors (Lipinski definition) is 6. The minimum atomic E-state index is -3.82. The molecule has 8 nitrogen and oxygen atoms in total. The average molecular weight is 391 g/mol. The minimum absolute atomic E-state index is 0.0716. The summed E-state index contributed by atoms with van der Waals surface area (Å²) >= 11 is 0. The van der Waals surface area contributed by atoms with Crippen LogP contribution in [0.25, 0.3) is 0 Å². The van der Waals surface area contributed by atoms with Crippen molar-refractivity contribution in [3.63, 3.8) is 0 Å². The molecule has 0 fully saturated rings. The van der Waals surface area contributed by atoms with Crippen molar-refractivity contribution in [3.05, 3.63) is 59.9 Å². The molecule has 0 saturated carbocycles. The molecule has 27 heavy (non-hydrogen) atoms. The predicted octanol–water partition coefficient (Wildman–Crippen LogP) is 1.34. The highest BCUT2D eigenvalue weighted by Crippen LogP contribution is 2.23. The minimum Gasteiger partial charge on any atom is -0.462 e. The van der Waals surface area contributed by atoms with Gasteiger partial charge in [-0.2, -0.15) is 0 Å². The largest absolute Gasteiger partial charge is 0.462 e. The van der Waals surface area contributed by atoms with E-state index in [0.717, 1.165) is 10.6 Å². The highest BCUT2D eigenvalue weighted by Gasteiger charge is 2.25. The third-order valence-corrected chi connectivity index (χ3v) is 4.67. The summed E-state index contributed by atoms with van der Waals surface area (Å²) in [5.74, 6) is -1.18. The molecular weight excluding hydrogens is 370 g/mol. The molecule has 0 unspecified atom stereocenters. The molecule has 1 N–H and O–H groups in total. The number of carbonyl (C=O) groups is 2. The number of anilines is 1. The number of benzene rings is 1. The summed E-state index contributed by atoms with van der Waals surface area (Å²) in [7, 11) is -3.82. The molecule has 2 aromatic rings. The molecule has 0 saturated heterocycles. The third kappa shape index (κ3) is 5.78. The lowest BCUT2D eigenvalue weighted by Crippen LogP contribution is -2.41. The van der Waals surface area contributed by atoms with E-state index >= 15 is 0 Å². The lowest BCUT2D eigenvalue weighted by atomic mass is 10.2. The van der Waals surface area contributed by atoms with Gasteiger partial charge < -0.3 is 10.1 Å². The fourth-order valence-electron chi connectivity index (χ4n) is 2.33. The summed E-state index contributed by atoms with van der Waals surface area (Å²) in [5, 5.41) is 2.62. The van der Waals surface area contributed by atoms with Crippen molar-refractivity contribution in [2.45, 2.75) is 13.5 Å². The maximum atomic E-state index is 12.3. The first-order valence-corrected chi connectivity index (χ1v) is 10.1. The smallest absolute Gasteiger partial charge is 0.340 e. The molecule has 0 bridgehead atoms. The van der Waals surface area contributed by atoms with E-state index in [0.29, 0.717) is 5.69 Å². The molecule has 9 heteroatoms. The van der Waals surface area contributed by atoms with Gasteiger partial charge in [-0.1, -0.05) is 18.2 Å². The van der Waals surface area contributed by atoms with Gasteiger partial charge in [0.25, 0.3) is 0 Å². The van der Waals surface area contributed by atoms with Crippen molar-refractivity contribution >= 4 is 27.6 Å². The van der Waals surface area contributed by atoms with Gasteiger partial charge in [0.05, 0.1) is 36.4 Å². The zero-order valence-corrected chi connectivity index (χ0v) is 15.9. The van der Waals surface area contributed by atoms with E-state index in [9.17, 15) is 18.0 Å². The number of hydrogen-bond donors (Lipinski definition) is 1. The standard InChI is InChI=1S/C18H21N3O5S/c1-3-26-18(23)15-9-4-5-10-16(15)21(27(2,24)25)13-17(22)20-12-14-8-6-7-11-19-14/h4-11H,3,12-13H2,1-2H3,(H,20,22). The first-order valence-electron chi connectivity index (χ1n) is 8.23. The Labute approximate surface area is 158 Å². The fourth-order valence-corrected chi connectivity index (χ4v) is 3.20. The first-order chi connectivity index (χ1) is 12.8. The number of amides is 1. The van der Waals surface area contributed by atoms with Gasteiger partial charge in [0.1, 0.15) is 6.54 Å². The average Bonchev–Trinajstić information content (AvgIpc) is 2.64. The van der Waals surface area contributed by atoms with Gasteiger partial charge in [-0.05, 0) is 31.2 Å². The highest BCUT2D eigenvalue weighted by atomic mass is 32.2. The zero-order chi connectivity index (χ0) is 19.9. The fraction of sp³-hybridized carbons (Fsp3) is 0.278. The summed E-state index contributed by atoms with van der Waals surface area (Å²) in [5.41, 5.74) is 0.803. The Morgan fingerprint density at radius 3 is 2.48 bits per heavy atom. The van der Waals surface area contributed by atoms with E-state index in [2.05, 4.69) is 10.3 Å². The maximum absolute atomic E-state index is 12.3. The second kappa shape index (κ2) is 9.13. The van der Waals surface area contributed by atoms with Crippen LogP contribution in [0.2, 0.25) is 0 Å². The molecule has 1 amide bonds. The Bertz CT molecular complexity index is 900. The number of esters is 1. The molecule has 0 aliphatic carbocycles. The Kier molecular flexibility index (Phi) is 6.89. The first kappa shape index (κ1) is 20.4. The van der Waals surface area contributed by atoms with Crippen molar-refractivity contribution in [1.82, 2.24) is 10.3 Å². The summed E-state index contributed by atoms with van der Waals surface area (Å²) in [4.78, 5) is 28.5. The van der Waals surface area contributed by atoms with Crippen molar-refractivity contribution in [2.24, 2.45) is 0 Å². The van der Waals surface area contributed by atoms with E-state index in [1.807, 2.05) is 0 Å². The number of aromatic nitrogens is 1. The van der Waals surface area contributed by atoms with Crippen molar-refractivity contribution in [2.75, 3.05) is 23.7 Å². The van der Waals surface area contributed by atoms with E-state index in [1.165, 1.54) is 12.1 Å². The maximum Gasteiger partial charge on any atom is 0.340 e. The molecule has 0 radical (unpaired) electrons. The number of para-hydroxylation sites is 1. The van der Waals surface area contributed by atoms with Crippen LogP contribution in [0.1, 0.15) is 23.0 Å². The second-order valence-corrected chi connectivity index (χ2v) is 7.51. The normalized spacial score (nSPS) is 10.9. The lowest BCUT2D eigenvalue weighted by Gasteiger charge is -2.23. The van der Waals surface area contributed by atoms with E-state index in [1.54, 1.807) is 43.5 Å². The van der Waals surface area contributed by atoms with Crippen molar-refractivity contribution in [1.29, 1.82) is 0 Å². The lowest BCUT2D eigenvalue weighted by molar-refractivity contribution is -0.119. The SMILES string of the molecule is CCOC(=O)c1ccccc1N(CC(=O)NCc1ccccn1)S(C)(=O)=O. The van der Waals surface area contributed by atoms with Gasteiger partial charge in [0.2, 0.25) is 15.9 Å². The van der Waals surface area contributed by atoms with Crippen LogP contribution < -0.4 is 9.62 Å². The number of rotatable bonds is 8. The van der Waals surface area contributed by atoms with Crippen LogP contribution in [0.15, 0.2) is 48.7 Å². The highest BCUT2D eigenvalue weighted by molar-refractivity contribution is 7.92. The Hall–Kier alpha value is -2.94. The zero-order valence-electron chi connectivity index (χ0n) is 15.1. The van der Waals surface area contributed by atoms with Crippen LogP contribution in [-0.4, -0.2) is 44.7 Å². The molecule has 1 heterocycles. The molecule has 0 atom stereocenters. The van der Waals surface area contributed by atoms with Crippen LogP contribution in [-0.2, 0) is 26.1 Å². The molecule has 144 valence electrons. The molecule has 0 spiro atoms. The van der Waals surface area contributed by atoms with Gasteiger partial charge in [-0.25, -0.2) is 13.2 Å². The number of pyridine rings is 1. The molecule has 0 aliphatic heterocycles. The van der Waals surface area contributed by atoms with Gasteiger partial charge in [0, 0.05) is 6.20 Å². The number of ether oxygens (including phenoxy) is 1. The van der Waals surface area contributed by atoms with Crippen LogP contribution in [0.5, 0.6) is 0 Å². The predicted molar refractivity (Wildman–Crippen MR) is 101 cm³/mol.